The van der Waals surface area contributed by atoms with Crippen molar-refractivity contribution in [3.05, 3.63) is 29.1 Å². The van der Waals surface area contributed by atoms with Crippen LogP contribution in [0.2, 0.25) is 0 Å². The maximum absolute atomic E-state index is 12.8. The second kappa shape index (κ2) is 3.47. The normalized spacial score (nSPS) is 9.85. The predicted octanol–water partition coefficient (Wildman–Crippen LogP) is 1.93. The summed E-state index contributed by atoms with van der Waals surface area (Å²) in [5.74, 6) is -4.84. The summed E-state index contributed by atoms with van der Waals surface area (Å²) in [5.41, 5.74) is -0.671. The van der Waals surface area contributed by atoms with Crippen molar-refractivity contribution in [1.82, 2.24) is 0 Å². The molecule has 0 heterocycles. The van der Waals surface area contributed by atoms with Crippen LogP contribution in [-0.4, -0.2) is 13.4 Å². The van der Waals surface area contributed by atoms with Crippen LogP contribution in [-0.2, 0) is 0 Å². The van der Waals surface area contributed by atoms with Crippen molar-refractivity contribution < 1.29 is 22.7 Å². The maximum atomic E-state index is 12.8. The molecule has 0 bridgehead atoms. The zero-order valence-electron chi connectivity index (χ0n) is 6.61. The van der Waals surface area contributed by atoms with Gasteiger partial charge in [0.25, 0.3) is 0 Å². The van der Waals surface area contributed by atoms with Crippen LogP contribution in [0.3, 0.4) is 0 Å². The number of aldehydes is 1. The fraction of sp³-hybridized carbons (Fsp3) is 0.125. The van der Waals surface area contributed by atoms with E-state index in [0.29, 0.717) is 6.07 Å². The highest BCUT2D eigenvalue weighted by Gasteiger charge is 2.18. The van der Waals surface area contributed by atoms with Crippen LogP contribution in [0.25, 0.3) is 0 Å². The Bertz CT molecular complexity index is 350. The van der Waals surface area contributed by atoms with Crippen molar-refractivity contribution in [1.29, 1.82) is 0 Å². The highest BCUT2D eigenvalue weighted by atomic mass is 19.2. The van der Waals surface area contributed by atoms with Crippen LogP contribution in [0.1, 0.15) is 10.4 Å². The second-order valence-corrected chi connectivity index (χ2v) is 2.23. The van der Waals surface area contributed by atoms with Crippen LogP contribution >= 0.6 is 0 Å². The van der Waals surface area contributed by atoms with E-state index >= 15 is 0 Å². The number of carbonyl (C=O) groups excluding carboxylic acids is 1. The Labute approximate surface area is 71.9 Å². The van der Waals surface area contributed by atoms with E-state index in [4.69, 9.17) is 0 Å². The molecule has 13 heavy (non-hydrogen) atoms. The fourth-order valence-corrected chi connectivity index (χ4v) is 0.870. The topological polar surface area (TPSA) is 26.3 Å². The molecule has 0 N–H and O–H groups in total. The van der Waals surface area contributed by atoms with Crippen LogP contribution in [0.15, 0.2) is 6.07 Å². The summed E-state index contributed by atoms with van der Waals surface area (Å²) in [6, 6.07) is 0.574. The summed E-state index contributed by atoms with van der Waals surface area (Å²) >= 11 is 0. The van der Waals surface area contributed by atoms with Gasteiger partial charge in [-0.05, 0) is 6.07 Å². The van der Waals surface area contributed by atoms with E-state index in [1.807, 2.05) is 0 Å². The molecule has 2 nitrogen and oxygen atoms in total. The molecule has 0 atom stereocenters. The molecule has 0 aromatic heterocycles. The highest BCUT2D eigenvalue weighted by Crippen LogP contribution is 2.25. The summed E-state index contributed by atoms with van der Waals surface area (Å²) in [5, 5.41) is 0. The number of methoxy groups -OCH3 is 1. The summed E-state index contributed by atoms with van der Waals surface area (Å²) in [7, 11) is 1.00. The van der Waals surface area contributed by atoms with Crippen molar-refractivity contribution in [2.75, 3.05) is 7.11 Å². The van der Waals surface area contributed by atoms with Gasteiger partial charge in [-0.1, -0.05) is 0 Å². The SMILES string of the molecule is COc1c(F)cc(C=O)c(F)c1F. The molecule has 1 rings (SSSR count). The lowest BCUT2D eigenvalue weighted by Crippen LogP contribution is -2.00. The number of hydrogen-bond acceptors (Lipinski definition) is 2. The number of carbonyl (C=O) groups is 1. The Balaban J connectivity index is 3.45. The zero-order valence-corrected chi connectivity index (χ0v) is 6.61. The molecule has 0 fully saturated rings. The van der Waals surface area contributed by atoms with Crippen LogP contribution in [0, 0.1) is 17.5 Å². The van der Waals surface area contributed by atoms with Crippen molar-refractivity contribution >= 4 is 6.29 Å². The number of hydrogen-bond donors (Lipinski definition) is 0. The van der Waals surface area contributed by atoms with Gasteiger partial charge in [0, 0.05) is 0 Å². The predicted molar refractivity (Wildman–Crippen MR) is 38.3 cm³/mol. The molecule has 0 saturated carbocycles. The molecule has 0 amide bonds. The largest absolute Gasteiger partial charge is 0.491 e. The number of rotatable bonds is 2. The molecule has 0 radical (unpaired) electrons. The molecule has 1 aromatic carbocycles. The molecule has 0 aliphatic heterocycles. The first-order valence-corrected chi connectivity index (χ1v) is 3.28. The third kappa shape index (κ3) is 1.49. The van der Waals surface area contributed by atoms with Gasteiger partial charge in [0.05, 0.1) is 12.7 Å². The molecule has 0 aliphatic rings. The van der Waals surface area contributed by atoms with Crippen molar-refractivity contribution in [3.8, 4) is 5.75 Å². The standard InChI is InChI=1S/C8H5F3O2/c1-13-8-5(9)2-4(3-12)6(10)7(8)11/h2-3H,1H3. The molecule has 0 unspecified atom stereocenters. The molecule has 0 aliphatic carbocycles. The first-order chi connectivity index (χ1) is 6.11. The minimum Gasteiger partial charge on any atom is -0.491 e. The van der Waals surface area contributed by atoms with E-state index in [1.165, 1.54) is 0 Å². The van der Waals surface area contributed by atoms with Crippen molar-refractivity contribution in [2.45, 2.75) is 0 Å². The fourth-order valence-electron chi connectivity index (χ4n) is 0.870. The summed E-state index contributed by atoms with van der Waals surface area (Å²) in [4.78, 5) is 10.1. The summed E-state index contributed by atoms with van der Waals surface area (Å²) in [6.07, 6.45) is 0.0287. The minimum absolute atomic E-state index is 0.0287. The van der Waals surface area contributed by atoms with Crippen LogP contribution < -0.4 is 4.74 Å². The molecule has 0 saturated heterocycles. The van der Waals surface area contributed by atoms with E-state index < -0.39 is 28.8 Å². The van der Waals surface area contributed by atoms with E-state index in [2.05, 4.69) is 4.74 Å². The number of halogens is 3. The van der Waals surface area contributed by atoms with Crippen molar-refractivity contribution in [3.63, 3.8) is 0 Å². The number of ether oxygens (including phenoxy) is 1. The lowest BCUT2D eigenvalue weighted by Gasteiger charge is -2.04. The summed E-state index contributed by atoms with van der Waals surface area (Å²) in [6.45, 7) is 0. The Morgan fingerprint density at radius 1 is 1.31 bits per heavy atom. The van der Waals surface area contributed by atoms with Crippen LogP contribution in [0.4, 0.5) is 13.2 Å². The third-order valence-electron chi connectivity index (χ3n) is 1.48. The maximum Gasteiger partial charge on any atom is 0.204 e. The van der Waals surface area contributed by atoms with Gasteiger partial charge in [-0.2, -0.15) is 4.39 Å². The second-order valence-electron chi connectivity index (χ2n) is 2.23. The molecule has 70 valence electrons. The van der Waals surface area contributed by atoms with Gasteiger partial charge < -0.3 is 4.74 Å². The first kappa shape index (κ1) is 9.57. The van der Waals surface area contributed by atoms with Gasteiger partial charge in [0.15, 0.2) is 23.7 Å². The average molecular weight is 190 g/mol. The Morgan fingerprint density at radius 3 is 2.38 bits per heavy atom. The van der Waals surface area contributed by atoms with Crippen LogP contribution in [0.5, 0.6) is 5.75 Å². The van der Waals surface area contributed by atoms with Gasteiger partial charge in [-0.25, -0.2) is 8.78 Å². The Morgan fingerprint density at radius 2 is 1.92 bits per heavy atom. The third-order valence-corrected chi connectivity index (χ3v) is 1.48. The van der Waals surface area contributed by atoms with Gasteiger partial charge >= 0.3 is 0 Å². The molecule has 1 aromatic rings. The van der Waals surface area contributed by atoms with Gasteiger partial charge in [0.1, 0.15) is 0 Å². The monoisotopic (exact) mass is 190 g/mol. The minimum atomic E-state index is -1.50. The Kier molecular flexibility index (Phi) is 2.55. The quantitative estimate of drug-likeness (QED) is 0.526. The van der Waals surface area contributed by atoms with E-state index in [1.54, 1.807) is 0 Å². The molecule has 5 heteroatoms. The van der Waals surface area contributed by atoms with E-state index in [-0.39, 0.29) is 6.29 Å². The average Bonchev–Trinajstić information content (AvgIpc) is 2.12. The number of benzene rings is 1. The van der Waals surface area contributed by atoms with Gasteiger partial charge in [0.2, 0.25) is 5.82 Å². The molecule has 0 spiro atoms. The summed E-state index contributed by atoms with van der Waals surface area (Å²) < 4.78 is 42.6. The Hall–Kier alpha value is -1.52. The lowest BCUT2D eigenvalue weighted by molar-refractivity contribution is 0.111. The zero-order chi connectivity index (χ0) is 10.0. The molecular formula is C8H5F3O2. The lowest BCUT2D eigenvalue weighted by atomic mass is 10.2. The van der Waals surface area contributed by atoms with E-state index in [9.17, 15) is 18.0 Å². The van der Waals surface area contributed by atoms with Gasteiger partial charge in [-0.3, -0.25) is 4.79 Å². The smallest absolute Gasteiger partial charge is 0.204 e. The van der Waals surface area contributed by atoms with E-state index in [0.717, 1.165) is 7.11 Å². The molecular weight excluding hydrogens is 185 g/mol. The van der Waals surface area contributed by atoms with Gasteiger partial charge in [-0.15, -0.1) is 0 Å². The first-order valence-electron chi connectivity index (χ1n) is 3.28. The van der Waals surface area contributed by atoms with Crippen molar-refractivity contribution in [2.24, 2.45) is 0 Å². The highest BCUT2D eigenvalue weighted by molar-refractivity contribution is 5.75.